The lowest BCUT2D eigenvalue weighted by Gasteiger charge is -2.26. The number of hydrogen-bond acceptors (Lipinski definition) is 4. The maximum Gasteiger partial charge on any atom is 0.330 e. The highest BCUT2D eigenvalue weighted by atomic mass is 19.1. The molecule has 0 saturated carbocycles. The van der Waals surface area contributed by atoms with Gasteiger partial charge >= 0.3 is 5.69 Å². The molecule has 3 N–H and O–H groups in total. The molecule has 0 aliphatic carbocycles. The maximum atomic E-state index is 13.6. The van der Waals surface area contributed by atoms with Gasteiger partial charge in [0, 0.05) is 18.7 Å². The van der Waals surface area contributed by atoms with Crippen LogP contribution in [0.5, 0.6) is 0 Å². The third-order valence-corrected chi connectivity index (χ3v) is 4.08. The molecule has 0 aliphatic rings. The first-order valence-corrected chi connectivity index (χ1v) is 8.96. The number of amides is 1. The second kappa shape index (κ2) is 8.66. The number of carbonyl (C=O) groups excluding carboxylic acids is 1. The average Bonchev–Trinajstić information content (AvgIpc) is 2.59. The van der Waals surface area contributed by atoms with E-state index in [4.69, 9.17) is 5.73 Å². The molecule has 7 nitrogen and oxygen atoms in total. The Labute approximate surface area is 156 Å². The molecule has 0 aliphatic heterocycles. The number of unbranched alkanes of at least 4 members (excludes halogenated alkanes) is 1. The van der Waals surface area contributed by atoms with E-state index in [9.17, 15) is 18.8 Å². The zero-order chi connectivity index (χ0) is 20.1. The number of nitrogens with zero attached hydrogens (tertiary/aromatic N) is 2. The molecule has 1 amide bonds. The van der Waals surface area contributed by atoms with E-state index in [0.717, 1.165) is 12.5 Å². The van der Waals surface area contributed by atoms with Crippen LogP contribution in [-0.4, -0.2) is 22.0 Å². The van der Waals surface area contributed by atoms with Crippen LogP contribution < -0.4 is 21.9 Å². The summed E-state index contributed by atoms with van der Waals surface area (Å²) in [6, 6.07) is 5.23. The van der Waals surface area contributed by atoms with Gasteiger partial charge in [-0.15, -0.1) is 0 Å². The largest absolute Gasteiger partial charge is 0.383 e. The highest BCUT2D eigenvalue weighted by molar-refractivity contribution is 6.07. The summed E-state index contributed by atoms with van der Waals surface area (Å²) in [6.07, 6.45) is 1.52. The van der Waals surface area contributed by atoms with Crippen LogP contribution in [0.3, 0.4) is 0 Å². The van der Waals surface area contributed by atoms with Gasteiger partial charge in [-0.25, -0.2) is 9.18 Å². The van der Waals surface area contributed by atoms with Gasteiger partial charge in [-0.3, -0.25) is 19.1 Å². The standard InChI is InChI=1S/C19H25FN4O3/c1-4-5-9-23-16(21)15(17(25)22-19(23)27)24(11-12(2)3)18(26)13-7-6-8-14(20)10-13/h6-8,10,12H,4-5,9,11,21H2,1-3H3,(H,22,25,27). The minimum Gasteiger partial charge on any atom is -0.383 e. The number of aromatic nitrogens is 2. The fourth-order valence-electron chi connectivity index (χ4n) is 2.79. The molecule has 0 spiro atoms. The monoisotopic (exact) mass is 376 g/mol. The summed E-state index contributed by atoms with van der Waals surface area (Å²) in [7, 11) is 0. The molecular formula is C19H25FN4O3. The van der Waals surface area contributed by atoms with E-state index in [0.29, 0.717) is 13.0 Å². The average molecular weight is 376 g/mol. The minimum atomic E-state index is -0.740. The highest BCUT2D eigenvalue weighted by Gasteiger charge is 2.26. The van der Waals surface area contributed by atoms with Gasteiger partial charge in [-0.2, -0.15) is 0 Å². The predicted octanol–water partition coefficient (Wildman–Crippen LogP) is 2.36. The lowest BCUT2D eigenvalue weighted by molar-refractivity contribution is 0.0983. The summed E-state index contributed by atoms with van der Waals surface area (Å²) in [4.78, 5) is 41.1. The van der Waals surface area contributed by atoms with E-state index in [1.54, 1.807) is 0 Å². The Hall–Kier alpha value is -2.90. The fraction of sp³-hybridized carbons (Fsp3) is 0.421. The number of halogens is 1. The van der Waals surface area contributed by atoms with Gasteiger partial charge in [-0.1, -0.05) is 33.3 Å². The maximum absolute atomic E-state index is 13.6. The van der Waals surface area contributed by atoms with Crippen molar-refractivity contribution in [2.75, 3.05) is 17.2 Å². The van der Waals surface area contributed by atoms with Gasteiger partial charge in [0.2, 0.25) is 0 Å². The number of nitrogen functional groups attached to an aromatic ring is 1. The molecule has 27 heavy (non-hydrogen) atoms. The van der Waals surface area contributed by atoms with Crippen molar-refractivity contribution < 1.29 is 9.18 Å². The predicted molar refractivity (Wildman–Crippen MR) is 104 cm³/mol. The first-order valence-electron chi connectivity index (χ1n) is 8.96. The highest BCUT2D eigenvalue weighted by Crippen LogP contribution is 2.21. The van der Waals surface area contributed by atoms with Crippen LogP contribution in [0, 0.1) is 11.7 Å². The lowest BCUT2D eigenvalue weighted by atomic mass is 10.1. The Morgan fingerprint density at radius 3 is 2.63 bits per heavy atom. The van der Waals surface area contributed by atoms with Gasteiger partial charge < -0.3 is 10.6 Å². The van der Waals surface area contributed by atoms with E-state index < -0.39 is 23.0 Å². The molecule has 8 heteroatoms. The Balaban J connectivity index is 2.61. The zero-order valence-corrected chi connectivity index (χ0v) is 15.8. The number of nitrogens with two attached hydrogens (primary N) is 1. The van der Waals surface area contributed by atoms with Gasteiger partial charge in [0.1, 0.15) is 11.6 Å². The number of H-pyrrole nitrogens is 1. The summed E-state index contributed by atoms with van der Waals surface area (Å²) in [5.41, 5.74) is 4.78. The van der Waals surface area contributed by atoms with E-state index in [2.05, 4.69) is 4.98 Å². The van der Waals surface area contributed by atoms with Crippen molar-refractivity contribution in [1.29, 1.82) is 0 Å². The smallest absolute Gasteiger partial charge is 0.330 e. The summed E-state index contributed by atoms with van der Waals surface area (Å²) in [5.74, 6) is -1.17. The van der Waals surface area contributed by atoms with Gasteiger partial charge in [0.25, 0.3) is 11.5 Å². The fourth-order valence-corrected chi connectivity index (χ4v) is 2.79. The third kappa shape index (κ3) is 4.64. The van der Waals surface area contributed by atoms with Crippen molar-refractivity contribution >= 4 is 17.4 Å². The van der Waals surface area contributed by atoms with Crippen molar-refractivity contribution in [3.05, 3.63) is 56.5 Å². The van der Waals surface area contributed by atoms with Crippen molar-refractivity contribution in [3.8, 4) is 0 Å². The number of hydrogen-bond donors (Lipinski definition) is 2. The van der Waals surface area contributed by atoms with Crippen LogP contribution in [0.2, 0.25) is 0 Å². The van der Waals surface area contributed by atoms with Crippen LogP contribution in [0.25, 0.3) is 0 Å². The molecule has 2 aromatic rings. The first kappa shape index (κ1) is 20.4. The number of rotatable bonds is 7. The van der Waals surface area contributed by atoms with Crippen LogP contribution in [0.1, 0.15) is 44.0 Å². The van der Waals surface area contributed by atoms with E-state index in [-0.39, 0.29) is 29.5 Å². The van der Waals surface area contributed by atoms with E-state index >= 15 is 0 Å². The molecule has 1 aromatic heterocycles. The Bertz CT molecular complexity index is 933. The summed E-state index contributed by atoms with van der Waals surface area (Å²) >= 11 is 0. The Morgan fingerprint density at radius 2 is 2.04 bits per heavy atom. The van der Waals surface area contributed by atoms with Crippen molar-refractivity contribution in [1.82, 2.24) is 9.55 Å². The molecule has 0 bridgehead atoms. The molecule has 2 rings (SSSR count). The lowest BCUT2D eigenvalue weighted by Crippen LogP contribution is -2.42. The number of aromatic amines is 1. The van der Waals surface area contributed by atoms with E-state index in [1.807, 2.05) is 20.8 Å². The molecule has 0 radical (unpaired) electrons. The molecule has 146 valence electrons. The number of benzene rings is 1. The Morgan fingerprint density at radius 1 is 1.33 bits per heavy atom. The quantitative estimate of drug-likeness (QED) is 0.774. The number of carbonyl (C=O) groups is 1. The summed E-state index contributed by atoms with van der Waals surface area (Å²) in [5, 5.41) is 0. The summed E-state index contributed by atoms with van der Waals surface area (Å²) < 4.78 is 14.8. The van der Waals surface area contributed by atoms with Crippen LogP contribution in [0.15, 0.2) is 33.9 Å². The van der Waals surface area contributed by atoms with Gasteiger partial charge in [0.15, 0.2) is 5.69 Å². The van der Waals surface area contributed by atoms with E-state index in [1.165, 1.54) is 27.7 Å². The van der Waals surface area contributed by atoms with Gasteiger partial charge in [-0.05, 0) is 30.5 Å². The molecule has 1 heterocycles. The molecule has 0 fully saturated rings. The normalized spacial score (nSPS) is 11.0. The SMILES string of the molecule is CCCCn1c(N)c(N(CC(C)C)C(=O)c2cccc(F)c2)c(=O)[nH]c1=O. The second-order valence-electron chi connectivity index (χ2n) is 6.82. The topological polar surface area (TPSA) is 101 Å². The number of nitrogens with one attached hydrogen (secondary N) is 1. The van der Waals surface area contributed by atoms with Gasteiger partial charge in [0.05, 0.1) is 0 Å². The van der Waals surface area contributed by atoms with Crippen molar-refractivity contribution in [3.63, 3.8) is 0 Å². The first-order chi connectivity index (χ1) is 12.8. The third-order valence-electron chi connectivity index (χ3n) is 4.08. The molecule has 1 aromatic carbocycles. The Kier molecular flexibility index (Phi) is 6.55. The molecule has 0 saturated heterocycles. The zero-order valence-electron chi connectivity index (χ0n) is 15.8. The second-order valence-corrected chi connectivity index (χ2v) is 6.82. The number of anilines is 2. The van der Waals surface area contributed by atoms with Crippen molar-refractivity contribution in [2.24, 2.45) is 5.92 Å². The van der Waals surface area contributed by atoms with Crippen LogP contribution in [0.4, 0.5) is 15.9 Å². The van der Waals surface area contributed by atoms with Crippen LogP contribution in [-0.2, 0) is 6.54 Å². The molecule has 0 atom stereocenters. The molecule has 0 unspecified atom stereocenters. The van der Waals surface area contributed by atoms with Crippen LogP contribution >= 0.6 is 0 Å². The summed E-state index contributed by atoms with van der Waals surface area (Å²) in [6.45, 7) is 6.24. The minimum absolute atomic E-state index is 0.0114. The molecular weight excluding hydrogens is 351 g/mol. The van der Waals surface area contributed by atoms with Crippen molar-refractivity contribution in [2.45, 2.75) is 40.2 Å².